The molecule has 0 aliphatic carbocycles. The molecule has 0 atom stereocenters. The molecule has 2 rings (SSSR count). The number of rotatable bonds is 7. The van der Waals surface area contributed by atoms with Crippen LogP contribution in [0.4, 0.5) is 0 Å². The zero-order valence-electron chi connectivity index (χ0n) is 12.1. The highest BCUT2D eigenvalue weighted by Crippen LogP contribution is 2.05. The van der Waals surface area contributed by atoms with Crippen molar-refractivity contribution in [3.8, 4) is 0 Å². The van der Waals surface area contributed by atoms with E-state index in [2.05, 4.69) is 47.2 Å². The van der Waals surface area contributed by atoms with Gasteiger partial charge in [0.05, 0.1) is 13.2 Å². The fourth-order valence-corrected chi connectivity index (χ4v) is 2.52. The molecule has 1 aromatic rings. The molecule has 0 spiro atoms. The van der Waals surface area contributed by atoms with Gasteiger partial charge in [-0.25, -0.2) is 0 Å². The summed E-state index contributed by atoms with van der Waals surface area (Å²) in [5.74, 6) is 0. The molecule has 0 aromatic heterocycles. The lowest BCUT2D eigenvalue weighted by Crippen LogP contribution is -2.37. The van der Waals surface area contributed by atoms with Crippen molar-refractivity contribution in [1.82, 2.24) is 9.80 Å². The highest BCUT2D eigenvalue weighted by Gasteiger charge is 2.09. The predicted molar refractivity (Wildman–Crippen MR) is 79.3 cm³/mol. The van der Waals surface area contributed by atoms with Gasteiger partial charge in [-0.05, 0) is 38.5 Å². The predicted octanol–water partition coefficient (Wildman–Crippen LogP) is 2.23. The second kappa shape index (κ2) is 8.31. The highest BCUT2D eigenvalue weighted by atomic mass is 16.5. The standard InChI is InChI=1S/C16H26N2O/c1-17(15-16-7-3-2-4-8-16)9-5-6-10-18-11-13-19-14-12-18/h2-4,7-8H,5-6,9-15H2,1H3. The van der Waals surface area contributed by atoms with Gasteiger partial charge in [-0.3, -0.25) is 4.90 Å². The van der Waals surface area contributed by atoms with Gasteiger partial charge in [-0.1, -0.05) is 30.3 Å². The molecule has 0 amide bonds. The molecule has 0 bridgehead atoms. The first-order valence-electron chi connectivity index (χ1n) is 7.37. The van der Waals surface area contributed by atoms with Gasteiger partial charge in [0, 0.05) is 19.6 Å². The topological polar surface area (TPSA) is 15.7 Å². The van der Waals surface area contributed by atoms with Crippen molar-refractivity contribution in [2.24, 2.45) is 0 Å². The van der Waals surface area contributed by atoms with Crippen molar-refractivity contribution in [1.29, 1.82) is 0 Å². The number of unbranched alkanes of at least 4 members (excludes halogenated alkanes) is 1. The molecule has 19 heavy (non-hydrogen) atoms. The quantitative estimate of drug-likeness (QED) is 0.701. The van der Waals surface area contributed by atoms with E-state index < -0.39 is 0 Å². The summed E-state index contributed by atoms with van der Waals surface area (Å²) in [6.45, 7) is 7.50. The van der Waals surface area contributed by atoms with E-state index in [1.54, 1.807) is 0 Å². The van der Waals surface area contributed by atoms with E-state index in [1.165, 1.54) is 31.5 Å². The van der Waals surface area contributed by atoms with Crippen LogP contribution in [0.1, 0.15) is 18.4 Å². The van der Waals surface area contributed by atoms with Crippen LogP contribution in [-0.4, -0.2) is 56.2 Å². The van der Waals surface area contributed by atoms with Crippen molar-refractivity contribution < 1.29 is 4.74 Å². The summed E-state index contributed by atoms with van der Waals surface area (Å²) in [7, 11) is 2.21. The number of benzene rings is 1. The zero-order chi connectivity index (χ0) is 13.3. The molecule has 0 saturated carbocycles. The smallest absolute Gasteiger partial charge is 0.0594 e. The molecule has 3 nitrogen and oxygen atoms in total. The Labute approximate surface area is 117 Å². The SMILES string of the molecule is CN(CCCCN1CCOCC1)Cc1ccccc1. The highest BCUT2D eigenvalue weighted by molar-refractivity contribution is 5.14. The van der Waals surface area contributed by atoms with Crippen LogP contribution in [-0.2, 0) is 11.3 Å². The van der Waals surface area contributed by atoms with E-state index in [-0.39, 0.29) is 0 Å². The van der Waals surface area contributed by atoms with Crippen molar-refractivity contribution >= 4 is 0 Å². The third-order valence-corrected chi connectivity index (χ3v) is 3.66. The summed E-state index contributed by atoms with van der Waals surface area (Å²) in [5, 5.41) is 0. The third kappa shape index (κ3) is 5.72. The lowest BCUT2D eigenvalue weighted by molar-refractivity contribution is 0.0369. The Morgan fingerprint density at radius 2 is 1.84 bits per heavy atom. The Balaban J connectivity index is 1.55. The second-order valence-electron chi connectivity index (χ2n) is 5.38. The number of morpholine rings is 1. The molecule has 106 valence electrons. The molecule has 1 heterocycles. The number of hydrogen-bond donors (Lipinski definition) is 0. The minimum Gasteiger partial charge on any atom is -0.379 e. The van der Waals surface area contributed by atoms with Crippen molar-refractivity contribution in [2.75, 3.05) is 46.4 Å². The van der Waals surface area contributed by atoms with Gasteiger partial charge >= 0.3 is 0 Å². The monoisotopic (exact) mass is 262 g/mol. The Hall–Kier alpha value is -0.900. The van der Waals surface area contributed by atoms with Gasteiger partial charge in [-0.2, -0.15) is 0 Å². The molecular formula is C16H26N2O. The molecule has 1 aromatic carbocycles. The minimum absolute atomic E-state index is 0.911. The van der Waals surface area contributed by atoms with Gasteiger partial charge in [0.15, 0.2) is 0 Å². The van der Waals surface area contributed by atoms with Crippen LogP contribution in [0.5, 0.6) is 0 Å². The summed E-state index contributed by atoms with van der Waals surface area (Å²) in [5.41, 5.74) is 1.40. The Morgan fingerprint density at radius 3 is 2.58 bits per heavy atom. The zero-order valence-corrected chi connectivity index (χ0v) is 12.1. The first-order chi connectivity index (χ1) is 9.34. The van der Waals surface area contributed by atoms with Crippen molar-refractivity contribution in [2.45, 2.75) is 19.4 Å². The first kappa shape index (κ1) is 14.5. The van der Waals surface area contributed by atoms with Gasteiger partial charge in [0.25, 0.3) is 0 Å². The average Bonchev–Trinajstić information content (AvgIpc) is 2.46. The largest absolute Gasteiger partial charge is 0.379 e. The van der Waals surface area contributed by atoms with Crippen molar-refractivity contribution in [3.05, 3.63) is 35.9 Å². The molecule has 1 aliphatic heterocycles. The molecule has 1 fully saturated rings. The normalized spacial score (nSPS) is 16.9. The van der Waals surface area contributed by atoms with E-state index in [1.807, 2.05) is 0 Å². The number of hydrogen-bond acceptors (Lipinski definition) is 3. The Morgan fingerprint density at radius 1 is 1.11 bits per heavy atom. The maximum absolute atomic E-state index is 5.36. The van der Waals surface area contributed by atoms with Crippen LogP contribution in [0, 0.1) is 0 Å². The molecule has 1 aliphatic rings. The van der Waals surface area contributed by atoms with Gasteiger partial charge in [0.2, 0.25) is 0 Å². The van der Waals surface area contributed by atoms with Crippen LogP contribution >= 0.6 is 0 Å². The first-order valence-corrected chi connectivity index (χ1v) is 7.37. The summed E-state index contributed by atoms with van der Waals surface area (Å²) in [4.78, 5) is 4.93. The Kier molecular flexibility index (Phi) is 6.34. The van der Waals surface area contributed by atoms with Crippen LogP contribution in [0.15, 0.2) is 30.3 Å². The maximum Gasteiger partial charge on any atom is 0.0594 e. The molecule has 0 radical (unpaired) electrons. The molecule has 0 N–H and O–H groups in total. The van der Waals surface area contributed by atoms with Crippen LogP contribution in [0.25, 0.3) is 0 Å². The van der Waals surface area contributed by atoms with Crippen molar-refractivity contribution in [3.63, 3.8) is 0 Å². The second-order valence-corrected chi connectivity index (χ2v) is 5.38. The van der Waals surface area contributed by atoms with E-state index in [0.717, 1.165) is 32.8 Å². The van der Waals surface area contributed by atoms with E-state index >= 15 is 0 Å². The third-order valence-electron chi connectivity index (χ3n) is 3.66. The average molecular weight is 262 g/mol. The van der Waals surface area contributed by atoms with Crippen LogP contribution in [0.3, 0.4) is 0 Å². The van der Waals surface area contributed by atoms with E-state index in [0.29, 0.717) is 0 Å². The number of nitrogens with zero attached hydrogens (tertiary/aromatic N) is 2. The maximum atomic E-state index is 5.36. The minimum atomic E-state index is 0.911. The fraction of sp³-hybridized carbons (Fsp3) is 0.625. The van der Waals surface area contributed by atoms with Gasteiger partial charge < -0.3 is 9.64 Å². The molecular weight excluding hydrogens is 236 g/mol. The van der Waals surface area contributed by atoms with Crippen LogP contribution in [0.2, 0.25) is 0 Å². The Bertz CT molecular complexity index is 336. The van der Waals surface area contributed by atoms with E-state index in [9.17, 15) is 0 Å². The molecule has 3 heteroatoms. The van der Waals surface area contributed by atoms with Gasteiger partial charge in [-0.15, -0.1) is 0 Å². The fourth-order valence-electron chi connectivity index (χ4n) is 2.52. The molecule has 1 saturated heterocycles. The summed E-state index contributed by atoms with van der Waals surface area (Å²) in [6.07, 6.45) is 2.57. The van der Waals surface area contributed by atoms with Crippen LogP contribution < -0.4 is 0 Å². The number of ether oxygens (including phenoxy) is 1. The van der Waals surface area contributed by atoms with E-state index in [4.69, 9.17) is 4.74 Å². The summed E-state index contributed by atoms with van der Waals surface area (Å²) in [6, 6.07) is 10.7. The molecule has 0 unspecified atom stereocenters. The van der Waals surface area contributed by atoms with Gasteiger partial charge in [0.1, 0.15) is 0 Å². The lowest BCUT2D eigenvalue weighted by atomic mass is 10.2. The lowest BCUT2D eigenvalue weighted by Gasteiger charge is -2.26. The summed E-state index contributed by atoms with van der Waals surface area (Å²) >= 11 is 0. The summed E-state index contributed by atoms with van der Waals surface area (Å²) < 4.78 is 5.36.